The summed E-state index contributed by atoms with van der Waals surface area (Å²) in [7, 11) is 1.58. The zero-order valence-corrected chi connectivity index (χ0v) is 13.0. The van der Waals surface area contributed by atoms with Crippen molar-refractivity contribution in [2.75, 3.05) is 20.1 Å². The van der Waals surface area contributed by atoms with Crippen molar-refractivity contribution in [2.24, 2.45) is 0 Å². The molecule has 2 amide bonds. The molecule has 0 radical (unpaired) electrons. The van der Waals surface area contributed by atoms with Crippen LogP contribution in [0.15, 0.2) is 24.3 Å². The molecule has 1 aliphatic heterocycles. The average molecular weight is 305 g/mol. The quantitative estimate of drug-likeness (QED) is 0.751. The van der Waals surface area contributed by atoms with Crippen molar-refractivity contribution < 1.29 is 14.7 Å². The van der Waals surface area contributed by atoms with Crippen molar-refractivity contribution in [3.8, 4) is 5.75 Å². The summed E-state index contributed by atoms with van der Waals surface area (Å²) in [5, 5.41) is 15.2. The van der Waals surface area contributed by atoms with Crippen LogP contribution >= 0.6 is 0 Å². The number of hydrogen-bond donors (Lipinski definition) is 3. The van der Waals surface area contributed by atoms with Crippen LogP contribution in [0, 0.1) is 0 Å². The molecule has 6 nitrogen and oxygen atoms in total. The summed E-state index contributed by atoms with van der Waals surface area (Å²) >= 11 is 0. The highest BCUT2D eigenvalue weighted by molar-refractivity contribution is 5.86. The van der Waals surface area contributed by atoms with Gasteiger partial charge in [-0.2, -0.15) is 0 Å². The predicted octanol–water partition coefficient (Wildman–Crippen LogP) is 0.780. The minimum atomic E-state index is -0.577. The van der Waals surface area contributed by atoms with Gasteiger partial charge in [-0.25, -0.2) is 0 Å². The molecule has 0 bridgehead atoms. The van der Waals surface area contributed by atoms with Gasteiger partial charge in [-0.05, 0) is 37.5 Å². The number of hydrogen-bond acceptors (Lipinski definition) is 4. The Morgan fingerprint density at radius 3 is 2.86 bits per heavy atom. The van der Waals surface area contributed by atoms with Gasteiger partial charge in [0.15, 0.2) is 0 Å². The van der Waals surface area contributed by atoms with Crippen LogP contribution in [-0.4, -0.2) is 48.0 Å². The van der Waals surface area contributed by atoms with Gasteiger partial charge in [0.05, 0.1) is 6.04 Å². The molecule has 2 rings (SSSR count). The number of nitrogens with zero attached hydrogens (tertiary/aromatic N) is 1. The van der Waals surface area contributed by atoms with Gasteiger partial charge >= 0.3 is 0 Å². The second-order valence-corrected chi connectivity index (χ2v) is 5.40. The Bertz CT molecular complexity index is 547. The molecular formula is C16H23N3O3. The SMILES string of the molecule is CCNC(=O)[C@@H]1CCCN1[C@@H](C(=O)NC)c1cccc(O)c1. The van der Waals surface area contributed by atoms with Crippen LogP contribution in [0.3, 0.4) is 0 Å². The molecule has 6 heteroatoms. The second kappa shape index (κ2) is 7.26. The van der Waals surface area contributed by atoms with E-state index < -0.39 is 6.04 Å². The van der Waals surface area contributed by atoms with Gasteiger partial charge < -0.3 is 15.7 Å². The van der Waals surface area contributed by atoms with E-state index in [9.17, 15) is 14.7 Å². The monoisotopic (exact) mass is 305 g/mol. The summed E-state index contributed by atoms with van der Waals surface area (Å²) in [5.41, 5.74) is 0.690. The van der Waals surface area contributed by atoms with Crippen molar-refractivity contribution >= 4 is 11.8 Å². The van der Waals surface area contributed by atoms with Crippen LogP contribution < -0.4 is 10.6 Å². The summed E-state index contributed by atoms with van der Waals surface area (Å²) in [6.45, 7) is 3.12. The first-order valence-corrected chi connectivity index (χ1v) is 7.62. The smallest absolute Gasteiger partial charge is 0.241 e. The van der Waals surface area contributed by atoms with Crippen LogP contribution in [0.2, 0.25) is 0 Å². The Hall–Kier alpha value is -2.08. The van der Waals surface area contributed by atoms with E-state index >= 15 is 0 Å². The van der Waals surface area contributed by atoms with Crippen LogP contribution in [-0.2, 0) is 9.59 Å². The third-order valence-corrected chi connectivity index (χ3v) is 3.96. The minimum absolute atomic E-state index is 0.0472. The van der Waals surface area contributed by atoms with E-state index in [-0.39, 0.29) is 23.6 Å². The third kappa shape index (κ3) is 3.39. The Balaban J connectivity index is 2.32. The number of phenols is 1. The number of carbonyl (C=O) groups is 2. The van der Waals surface area contributed by atoms with E-state index in [0.29, 0.717) is 18.7 Å². The Morgan fingerprint density at radius 1 is 1.45 bits per heavy atom. The normalized spacial score (nSPS) is 19.6. The second-order valence-electron chi connectivity index (χ2n) is 5.40. The lowest BCUT2D eigenvalue weighted by molar-refractivity contribution is -0.131. The molecule has 3 N–H and O–H groups in total. The van der Waals surface area contributed by atoms with Crippen LogP contribution in [0.4, 0.5) is 0 Å². The number of benzene rings is 1. The molecule has 1 saturated heterocycles. The molecule has 0 spiro atoms. The molecule has 22 heavy (non-hydrogen) atoms. The largest absolute Gasteiger partial charge is 0.508 e. The summed E-state index contributed by atoms with van der Waals surface area (Å²) in [6.07, 6.45) is 1.60. The number of nitrogens with one attached hydrogen (secondary N) is 2. The highest BCUT2D eigenvalue weighted by Crippen LogP contribution is 2.31. The highest BCUT2D eigenvalue weighted by Gasteiger charge is 2.38. The van der Waals surface area contributed by atoms with Gasteiger partial charge in [0.25, 0.3) is 0 Å². The zero-order valence-electron chi connectivity index (χ0n) is 13.0. The first-order chi connectivity index (χ1) is 10.6. The van der Waals surface area contributed by atoms with E-state index in [1.54, 1.807) is 31.3 Å². The Morgan fingerprint density at radius 2 is 2.23 bits per heavy atom. The summed E-state index contributed by atoms with van der Waals surface area (Å²) in [5.74, 6) is -0.115. The summed E-state index contributed by atoms with van der Waals surface area (Å²) in [4.78, 5) is 26.5. The van der Waals surface area contributed by atoms with Gasteiger partial charge in [0.2, 0.25) is 11.8 Å². The lowest BCUT2D eigenvalue weighted by Crippen LogP contribution is -2.48. The van der Waals surface area contributed by atoms with E-state index in [1.165, 1.54) is 0 Å². The number of likely N-dealkylation sites (tertiary alicyclic amines) is 1. The molecule has 0 aliphatic carbocycles. The molecule has 0 unspecified atom stereocenters. The van der Waals surface area contributed by atoms with E-state index in [2.05, 4.69) is 10.6 Å². The molecule has 1 aromatic rings. The van der Waals surface area contributed by atoms with E-state index in [1.807, 2.05) is 11.8 Å². The van der Waals surface area contributed by atoms with Crippen molar-refractivity contribution in [2.45, 2.75) is 31.8 Å². The number of amides is 2. The first-order valence-electron chi connectivity index (χ1n) is 7.62. The Kier molecular flexibility index (Phi) is 5.38. The van der Waals surface area contributed by atoms with Crippen LogP contribution in [0.25, 0.3) is 0 Å². The summed E-state index contributed by atoms with van der Waals surface area (Å²) < 4.78 is 0. The predicted molar refractivity (Wildman–Crippen MR) is 83.3 cm³/mol. The number of phenolic OH excluding ortho intramolecular Hbond substituents is 1. The lowest BCUT2D eigenvalue weighted by Gasteiger charge is -2.31. The molecule has 1 aliphatic rings. The van der Waals surface area contributed by atoms with Gasteiger partial charge in [0.1, 0.15) is 11.8 Å². The van der Waals surface area contributed by atoms with Crippen molar-refractivity contribution in [1.82, 2.24) is 15.5 Å². The number of rotatable bonds is 5. The Labute approximate surface area is 130 Å². The van der Waals surface area contributed by atoms with Crippen LogP contribution in [0.5, 0.6) is 5.75 Å². The number of aromatic hydroxyl groups is 1. The maximum absolute atomic E-state index is 12.4. The molecule has 1 heterocycles. The fourth-order valence-corrected chi connectivity index (χ4v) is 3.00. The number of carbonyl (C=O) groups excluding carboxylic acids is 2. The molecule has 1 fully saturated rings. The molecule has 0 saturated carbocycles. The first kappa shape index (κ1) is 16.3. The van der Waals surface area contributed by atoms with Gasteiger partial charge in [-0.15, -0.1) is 0 Å². The minimum Gasteiger partial charge on any atom is -0.508 e. The van der Waals surface area contributed by atoms with Crippen molar-refractivity contribution in [1.29, 1.82) is 0 Å². The molecular weight excluding hydrogens is 282 g/mol. The molecule has 120 valence electrons. The van der Waals surface area contributed by atoms with Gasteiger partial charge in [-0.1, -0.05) is 12.1 Å². The van der Waals surface area contributed by atoms with Gasteiger partial charge in [-0.3, -0.25) is 14.5 Å². The third-order valence-electron chi connectivity index (χ3n) is 3.96. The highest BCUT2D eigenvalue weighted by atomic mass is 16.3. The van der Waals surface area contributed by atoms with Crippen LogP contribution in [0.1, 0.15) is 31.4 Å². The average Bonchev–Trinajstić information content (AvgIpc) is 2.97. The molecule has 0 aromatic heterocycles. The van der Waals surface area contributed by atoms with Crippen molar-refractivity contribution in [3.63, 3.8) is 0 Å². The van der Waals surface area contributed by atoms with E-state index in [0.717, 1.165) is 12.8 Å². The topological polar surface area (TPSA) is 81.7 Å². The fourth-order valence-electron chi connectivity index (χ4n) is 3.00. The molecule has 1 aromatic carbocycles. The zero-order chi connectivity index (χ0) is 16.1. The molecule has 2 atom stereocenters. The summed E-state index contributed by atoms with van der Waals surface area (Å²) in [6, 6.07) is 5.75. The maximum Gasteiger partial charge on any atom is 0.241 e. The van der Waals surface area contributed by atoms with E-state index in [4.69, 9.17) is 0 Å². The lowest BCUT2D eigenvalue weighted by atomic mass is 10.0. The fraction of sp³-hybridized carbons (Fsp3) is 0.500. The van der Waals surface area contributed by atoms with Gasteiger partial charge in [0, 0.05) is 20.1 Å². The van der Waals surface area contributed by atoms with Crippen molar-refractivity contribution in [3.05, 3.63) is 29.8 Å². The standard InChI is InChI=1S/C16H23N3O3/c1-3-18-15(21)13-8-5-9-19(13)14(16(22)17-2)11-6-4-7-12(20)10-11/h4,6-7,10,13-14,20H,3,5,8-9H2,1-2H3,(H,17,22)(H,18,21)/t13-,14+/m0/s1. The maximum atomic E-state index is 12.4. The number of likely N-dealkylation sites (N-methyl/N-ethyl adjacent to an activating group) is 2.